The third kappa shape index (κ3) is 5.69. The van der Waals surface area contributed by atoms with Crippen molar-refractivity contribution in [2.45, 2.75) is 173 Å². The van der Waals surface area contributed by atoms with Crippen molar-refractivity contribution in [2.75, 3.05) is 13.2 Å². The molecule has 1 saturated heterocycles. The Hall–Kier alpha value is -1.19. The molecule has 0 radical (unpaired) electrons. The number of fused-ring (bicyclic) bond motifs is 7. The largest absolute Gasteiger partial charge is 0.459 e. The van der Waals surface area contributed by atoms with Crippen molar-refractivity contribution in [3.05, 3.63) is 11.6 Å². The third-order valence-electron chi connectivity index (χ3n) is 17.7. The third-order valence-corrected chi connectivity index (χ3v) is 17.7. The van der Waals surface area contributed by atoms with Gasteiger partial charge in [-0.25, -0.2) is 0 Å². The van der Waals surface area contributed by atoms with Crippen molar-refractivity contribution in [1.82, 2.24) is 0 Å². The molecule has 8 N–H and O–H groups in total. The Bertz CT molecular complexity index is 1460. The molecule has 0 aromatic heterocycles. The molecule has 0 amide bonds. The Balaban J connectivity index is 1.19. The highest BCUT2D eigenvalue weighted by Crippen LogP contribution is 2.76. The summed E-state index contributed by atoms with van der Waals surface area (Å²) >= 11 is 0. The van der Waals surface area contributed by atoms with E-state index in [9.17, 15) is 45.6 Å². The van der Waals surface area contributed by atoms with E-state index in [2.05, 4.69) is 47.6 Å². The van der Waals surface area contributed by atoms with E-state index in [1.54, 1.807) is 0 Å². The minimum absolute atomic E-state index is 0.0245. The number of hydrogen-bond acceptors (Lipinski definition) is 12. The molecular weight excluding hydrogens is 696 g/mol. The van der Waals surface area contributed by atoms with Gasteiger partial charge in [0, 0.05) is 18.4 Å². The number of ether oxygens (including phenoxy) is 3. The summed E-state index contributed by atoms with van der Waals surface area (Å²) in [6.07, 6.45) is -1.36. The van der Waals surface area contributed by atoms with Gasteiger partial charge in [0.15, 0.2) is 6.29 Å². The second-order valence-corrected chi connectivity index (χ2v) is 20.4. The van der Waals surface area contributed by atoms with Gasteiger partial charge in [0.25, 0.3) is 0 Å². The highest BCUT2D eigenvalue weighted by Gasteiger charge is 2.72. The van der Waals surface area contributed by atoms with E-state index in [1.807, 2.05) is 6.92 Å². The quantitative estimate of drug-likeness (QED) is 0.116. The molecule has 308 valence electrons. The van der Waals surface area contributed by atoms with Crippen LogP contribution in [0.5, 0.6) is 0 Å². The van der Waals surface area contributed by atoms with Gasteiger partial charge in [-0.05, 0) is 111 Å². The molecule has 0 bridgehead atoms. The SMILES string of the molecule is C[C@@H]1CC[C@]2(C(=O)O[C@@H]3C[C@H](CO)[C@@H](O)[C@H](O)[C@H]3O)CC[C@]3(C)C(=CC[C@@H]4[C@@]5(C)CC[C@H](O[C@@H]6OC[C@H](O)[C@H](O)[C@H]6O)C(C)(C)[C@@H]5CC[C@]43C)[C@@H]2[C@]1(C)O. The van der Waals surface area contributed by atoms with Crippen molar-refractivity contribution in [3.8, 4) is 0 Å². The number of allylic oxidation sites excluding steroid dienone is 1. The number of esters is 1. The molecule has 6 aliphatic carbocycles. The molecule has 12 nitrogen and oxygen atoms in total. The minimum Gasteiger partial charge on any atom is -0.459 e. The van der Waals surface area contributed by atoms with E-state index in [0.29, 0.717) is 31.1 Å². The van der Waals surface area contributed by atoms with Crippen LogP contribution in [0.4, 0.5) is 0 Å². The van der Waals surface area contributed by atoms with E-state index in [4.69, 9.17) is 14.2 Å². The molecule has 12 heteroatoms. The molecule has 0 aromatic carbocycles. The summed E-state index contributed by atoms with van der Waals surface area (Å²) in [6.45, 7) is 15.1. The summed E-state index contributed by atoms with van der Waals surface area (Å²) < 4.78 is 18.3. The predicted octanol–water partition coefficient (Wildman–Crippen LogP) is 2.59. The lowest BCUT2D eigenvalue weighted by molar-refractivity contribution is -0.308. The molecule has 5 saturated carbocycles. The standard InChI is InChI=1S/C42H68O12/c1-21-10-15-42(36(50)53-25-18-22(19-43)29(45)32(48)31(25)47)17-16-39(5)23(34(42)41(21,7)51)8-9-27-38(4)13-12-28(37(2,3)26(38)11-14-40(27,39)6)54-35-33(49)30(46)24(44)20-52-35/h8,21-22,24-35,43-49,51H,9-20H2,1-7H3/t21-,22-,24+,25-,26+,27-,28+,29-,30+,31+,32+,33-,34-,35+,38+,39-,40-,41-,42+/m1/s1. The topological polar surface area (TPSA) is 207 Å². The first-order valence-corrected chi connectivity index (χ1v) is 20.7. The Labute approximate surface area is 320 Å². The molecule has 0 aromatic rings. The van der Waals surface area contributed by atoms with Crippen LogP contribution >= 0.6 is 0 Å². The minimum atomic E-state index is -1.55. The summed E-state index contributed by atoms with van der Waals surface area (Å²) in [5, 5.41) is 85.3. The number of hydrogen-bond donors (Lipinski definition) is 8. The van der Waals surface area contributed by atoms with Crippen molar-refractivity contribution in [2.24, 2.45) is 56.7 Å². The van der Waals surface area contributed by atoms with Crippen LogP contribution in [-0.2, 0) is 19.0 Å². The number of rotatable bonds is 5. The zero-order chi connectivity index (χ0) is 39.6. The number of aliphatic hydroxyl groups is 8. The van der Waals surface area contributed by atoms with Crippen molar-refractivity contribution in [1.29, 1.82) is 0 Å². The lowest BCUT2D eigenvalue weighted by Gasteiger charge is -2.72. The first kappa shape index (κ1) is 41.0. The van der Waals surface area contributed by atoms with Crippen LogP contribution in [0.3, 0.4) is 0 Å². The molecule has 7 aliphatic rings. The molecule has 0 unspecified atom stereocenters. The van der Waals surface area contributed by atoms with Crippen LogP contribution in [0.25, 0.3) is 0 Å². The van der Waals surface area contributed by atoms with Crippen molar-refractivity contribution < 1.29 is 59.9 Å². The van der Waals surface area contributed by atoms with Gasteiger partial charge in [0.05, 0.1) is 29.8 Å². The maximum atomic E-state index is 14.7. The average Bonchev–Trinajstić information content (AvgIpc) is 3.11. The van der Waals surface area contributed by atoms with Gasteiger partial charge in [0.1, 0.15) is 36.6 Å². The average molecular weight is 765 g/mol. The van der Waals surface area contributed by atoms with Gasteiger partial charge < -0.3 is 55.1 Å². The second-order valence-electron chi connectivity index (χ2n) is 20.4. The monoisotopic (exact) mass is 764 g/mol. The summed E-state index contributed by atoms with van der Waals surface area (Å²) in [4.78, 5) is 14.7. The first-order valence-electron chi connectivity index (χ1n) is 20.7. The molecule has 19 atom stereocenters. The van der Waals surface area contributed by atoms with Gasteiger partial charge in [-0.2, -0.15) is 0 Å². The van der Waals surface area contributed by atoms with E-state index >= 15 is 0 Å². The number of carbonyl (C=O) groups excluding carboxylic acids is 1. The molecule has 54 heavy (non-hydrogen) atoms. The molecular formula is C42H68O12. The van der Waals surface area contributed by atoms with Gasteiger partial charge in [-0.15, -0.1) is 0 Å². The highest BCUT2D eigenvalue weighted by atomic mass is 16.7. The number of carbonyl (C=O) groups is 1. The summed E-state index contributed by atoms with van der Waals surface area (Å²) in [5.41, 5.74) is -1.90. The van der Waals surface area contributed by atoms with E-state index in [-0.39, 0.29) is 46.7 Å². The Morgan fingerprint density at radius 3 is 2.22 bits per heavy atom. The maximum Gasteiger partial charge on any atom is 0.313 e. The Kier molecular flexibility index (Phi) is 10.4. The van der Waals surface area contributed by atoms with Gasteiger partial charge in [-0.3, -0.25) is 4.79 Å². The fourth-order valence-corrected chi connectivity index (χ4v) is 14.0. The molecule has 7 rings (SSSR count). The zero-order valence-electron chi connectivity index (χ0n) is 33.4. The maximum absolute atomic E-state index is 14.7. The Morgan fingerprint density at radius 2 is 1.54 bits per heavy atom. The van der Waals surface area contributed by atoms with Gasteiger partial charge in [-0.1, -0.05) is 53.2 Å². The normalized spacial score (nSPS) is 55.6. The Morgan fingerprint density at radius 1 is 0.833 bits per heavy atom. The van der Waals surface area contributed by atoms with Crippen LogP contribution < -0.4 is 0 Å². The summed E-state index contributed by atoms with van der Waals surface area (Å²) in [5.74, 6) is -1.20. The van der Waals surface area contributed by atoms with Crippen LogP contribution in [0.1, 0.15) is 113 Å². The molecule has 6 fully saturated rings. The van der Waals surface area contributed by atoms with Crippen LogP contribution in [0, 0.1) is 56.7 Å². The highest BCUT2D eigenvalue weighted by molar-refractivity contribution is 5.79. The molecule has 1 heterocycles. The zero-order valence-corrected chi connectivity index (χ0v) is 33.4. The van der Waals surface area contributed by atoms with Gasteiger partial charge >= 0.3 is 5.97 Å². The van der Waals surface area contributed by atoms with Gasteiger partial charge in [0.2, 0.25) is 0 Å². The van der Waals surface area contributed by atoms with Crippen LogP contribution in [0.15, 0.2) is 11.6 Å². The van der Waals surface area contributed by atoms with Crippen LogP contribution in [0.2, 0.25) is 0 Å². The fraction of sp³-hybridized carbons (Fsp3) is 0.929. The van der Waals surface area contributed by atoms with Crippen molar-refractivity contribution in [3.63, 3.8) is 0 Å². The van der Waals surface area contributed by atoms with E-state index in [0.717, 1.165) is 44.1 Å². The van der Waals surface area contributed by atoms with E-state index < -0.39 is 84.4 Å². The smallest absolute Gasteiger partial charge is 0.313 e. The lowest BCUT2D eigenvalue weighted by Crippen LogP contribution is -2.68. The molecule has 1 aliphatic heterocycles. The predicted molar refractivity (Wildman–Crippen MR) is 196 cm³/mol. The summed E-state index contributed by atoms with van der Waals surface area (Å²) in [6, 6.07) is 0. The number of aliphatic hydroxyl groups excluding tert-OH is 7. The lowest BCUT2D eigenvalue weighted by atomic mass is 9.33. The van der Waals surface area contributed by atoms with E-state index in [1.165, 1.54) is 0 Å². The second kappa shape index (κ2) is 13.7. The van der Waals surface area contributed by atoms with Crippen LogP contribution in [-0.4, -0.2) is 121 Å². The fourth-order valence-electron chi connectivity index (χ4n) is 14.0. The molecule has 0 spiro atoms. The van der Waals surface area contributed by atoms with Crippen molar-refractivity contribution >= 4 is 5.97 Å². The first-order chi connectivity index (χ1) is 25.1. The summed E-state index contributed by atoms with van der Waals surface area (Å²) in [7, 11) is 0.